The number of aliphatic imine (C=N–C) groups is 1. The van der Waals surface area contributed by atoms with E-state index in [1.807, 2.05) is 72.7 Å². The number of morpholine rings is 1. The number of nitrogens with zero attached hydrogens (tertiary/aromatic N) is 6. The van der Waals surface area contributed by atoms with Crippen LogP contribution in [0.25, 0.3) is 16.5 Å². The molecular formula is C54H79F3N8O9. The van der Waals surface area contributed by atoms with Gasteiger partial charge in [0.15, 0.2) is 0 Å². The number of methoxy groups -OCH3 is 1. The highest BCUT2D eigenvalue weighted by Crippen LogP contribution is 2.41. The van der Waals surface area contributed by atoms with Crippen LogP contribution in [0.3, 0.4) is 0 Å². The number of ether oxygens (including phenoxy) is 4. The van der Waals surface area contributed by atoms with Crippen LogP contribution in [0.4, 0.5) is 18.9 Å². The summed E-state index contributed by atoms with van der Waals surface area (Å²) in [6.07, 6.45) is -2.06. The molecule has 1 aromatic heterocycles. The first-order valence-electron chi connectivity index (χ1n) is 25.5. The molecule has 0 radical (unpaired) electrons. The van der Waals surface area contributed by atoms with Gasteiger partial charge in [0, 0.05) is 80.0 Å². The van der Waals surface area contributed by atoms with Crippen molar-refractivity contribution in [3.8, 4) is 11.8 Å². The Kier molecular flexibility index (Phi) is 20.1. The van der Waals surface area contributed by atoms with Crippen molar-refractivity contribution < 1.29 is 56.4 Å². The largest absolute Gasteiger partial charge is 0.462 e. The Morgan fingerprint density at radius 3 is 2.35 bits per heavy atom. The summed E-state index contributed by atoms with van der Waals surface area (Å²) in [5.41, 5.74) is 1.58. The number of halogens is 3. The molecule has 3 N–H and O–H groups in total. The quantitative estimate of drug-likeness (QED) is 0.0600. The Balaban J connectivity index is 1.31. The van der Waals surface area contributed by atoms with Crippen LogP contribution in [0.1, 0.15) is 92.8 Å². The fourth-order valence-corrected chi connectivity index (χ4v) is 9.00. The van der Waals surface area contributed by atoms with Crippen LogP contribution in [0.5, 0.6) is 0 Å². The van der Waals surface area contributed by atoms with E-state index in [-0.39, 0.29) is 69.1 Å². The number of anilines is 1. The van der Waals surface area contributed by atoms with E-state index in [9.17, 15) is 37.5 Å². The number of esters is 1. The highest BCUT2D eigenvalue weighted by Gasteiger charge is 2.45. The molecule has 0 bridgehead atoms. The van der Waals surface area contributed by atoms with E-state index in [2.05, 4.69) is 39.1 Å². The molecule has 4 atom stereocenters. The van der Waals surface area contributed by atoms with Crippen molar-refractivity contribution in [1.29, 1.82) is 0 Å². The summed E-state index contributed by atoms with van der Waals surface area (Å²) in [6.45, 7) is 21.9. The normalized spacial score (nSPS) is 19.7. The van der Waals surface area contributed by atoms with Crippen molar-refractivity contribution in [3.63, 3.8) is 0 Å². The van der Waals surface area contributed by atoms with Crippen molar-refractivity contribution >= 4 is 52.1 Å². The molecule has 3 aliphatic heterocycles. The second-order valence-corrected chi connectivity index (χ2v) is 21.3. The van der Waals surface area contributed by atoms with Gasteiger partial charge in [0.05, 0.1) is 61.5 Å². The van der Waals surface area contributed by atoms with Gasteiger partial charge in [-0.15, -0.1) is 0 Å². The number of likely N-dealkylation sites (tertiary alicyclic amines) is 1. The molecule has 410 valence electrons. The molecule has 3 saturated heterocycles. The summed E-state index contributed by atoms with van der Waals surface area (Å²) in [5.74, 6) is 2.61. The van der Waals surface area contributed by atoms with E-state index < -0.39 is 65.2 Å². The summed E-state index contributed by atoms with van der Waals surface area (Å²) in [6, 6.07) is 4.37. The van der Waals surface area contributed by atoms with E-state index in [0.717, 1.165) is 10.7 Å². The molecule has 0 spiro atoms. The monoisotopic (exact) mass is 1040 g/mol. The SMILES string of the molecule is C=C/C(=C(\N=C/C)[C@H](C)OC)c1c(CC(C)(C)COC(=O)C2(O)CCCN(C(=O)[C@H](CC)NC(=O)[C@@H](COC3CN(C(=O)C#CC(C)(C)N(C)C)C3)C(C)C)N2)c2cc(N3CCOCC3)ccc2n1CC(F)(F)F. The number of amides is 3. The Morgan fingerprint density at radius 1 is 1.09 bits per heavy atom. The van der Waals surface area contributed by atoms with Gasteiger partial charge in [-0.25, -0.2) is 4.79 Å². The molecule has 1 unspecified atom stereocenters. The zero-order valence-corrected chi connectivity index (χ0v) is 45.4. The first-order chi connectivity index (χ1) is 34.7. The van der Waals surface area contributed by atoms with Crippen molar-refractivity contribution in [1.82, 2.24) is 30.1 Å². The van der Waals surface area contributed by atoms with Crippen LogP contribution >= 0.6 is 0 Å². The third kappa shape index (κ3) is 14.8. The lowest BCUT2D eigenvalue weighted by molar-refractivity contribution is -0.189. The van der Waals surface area contributed by atoms with Crippen LogP contribution in [0.15, 0.2) is 41.5 Å². The number of hydrazine groups is 1. The Labute approximate surface area is 434 Å². The number of carbonyl (C=O) groups is 4. The van der Waals surface area contributed by atoms with Gasteiger partial charge in [0.2, 0.25) is 11.6 Å². The van der Waals surface area contributed by atoms with Crippen LogP contribution in [0.2, 0.25) is 0 Å². The van der Waals surface area contributed by atoms with E-state index >= 15 is 0 Å². The smallest absolute Gasteiger partial charge is 0.406 e. The number of alkyl halides is 3. The van der Waals surface area contributed by atoms with Gasteiger partial charge in [0.25, 0.3) is 11.8 Å². The predicted octanol–water partition coefficient (Wildman–Crippen LogP) is 5.73. The molecular weight excluding hydrogens is 962 g/mol. The summed E-state index contributed by atoms with van der Waals surface area (Å²) >= 11 is 0. The zero-order valence-electron chi connectivity index (χ0n) is 45.4. The number of carbonyl (C=O) groups excluding carboxylic acids is 4. The van der Waals surface area contributed by atoms with Gasteiger partial charge in [-0.05, 0) is 96.7 Å². The van der Waals surface area contributed by atoms with Gasteiger partial charge in [-0.2, -0.15) is 18.6 Å². The van der Waals surface area contributed by atoms with Crippen LogP contribution in [0, 0.1) is 29.1 Å². The maximum Gasteiger partial charge on any atom is 0.406 e. The fraction of sp³-hybridized carbons (Fsp3) is 0.648. The maximum atomic E-state index is 14.7. The molecule has 3 amide bonds. The van der Waals surface area contributed by atoms with Gasteiger partial charge >= 0.3 is 12.1 Å². The predicted molar refractivity (Wildman–Crippen MR) is 279 cm³/mol. The molecule has 0 saturated carbocycles. The fourth-order valence-electron chi connectivity index (χ4n) is 9.00. The minimum absolute atomic E-state index is 0.0596. The minimum atomic E-state index is -4.62. The van der Waals surface area contributed by atoms with Crippen LogP contribution in [-0.2, 0) is 51.1 Å². The molecule has 0 aliphatic carbocycles. The molecule has 1 aromatic carbocycles. The highest BCUT2D eigenvalue weighted by molar-refractivity contribution is 5.96. The molecule has 20 heteroatoms. The first kappa shape index (κ1) is 59.6. The third-order valence-electron chi connectivity index (χ3n) is 14.1. The lowest BCUT2D eigenvalue weighted by atomic mass is 9.84. The number of nitrogens with one attached hydrogen (secondary N) is 2. The Hall–Kier alpha value is -5.30. The second kappa shape index (κ2) is 25.0. The maximum absolute atomic E-state index is 14.7. The van der Waals surface area contributed by atoms with Crippen molar-refractivity contribution in [2.45, 2.75) is 130 Å². The second-order valence-electron chi connectivity index (χ2n) is 21.3. The van der Waals surface area contributed by atoms with Crippen LogP contribution in [-0.4, -0.2) is 170 Å². The molecule has 3 fully saturated rings. The highest BCUT2D eigenvalue weighted by atomic mass is 19.4. The van der Waals surface area contributed by atoms with Crippen LogP contribution < -0.4 is 15.6 Å². The number of aliphatic hydroxyl groups is 1. The molecule has 5 rings (SSSR count). The number of rotatable bonds is 21. The number of benzene rings is 1. The average Bonchev–Trinajstić information content (AvgIpc) is 3.60. The molecule has 3 aliphatic rings. The summed E-state index contributed by atoms with van der Waals surface area (Å²) in [4.78, 5) is 64.6. The Morgan fingerprint density at radius 2 is 1.77 bits per heavy atom. The van der Waals surface area contributed by atoms with Crippen molar-refractivity contribution in [2.75, 3.05) is 85.3 Å². The molecule has 17 nitrogen and oxygen atoms in total. The lowest BCUT2D eigenvalue weighted by Gasteiger charge is -2.40. The van der Waals surface area contributed by atoms with Gasteiger partial charge in [0.1, 0.15) is 12.6 Å². The molecule has 2 aromatic rings. The summed E-state index contributed by atoms with van der Waals surface area (Å²) in [5, 5.41) is 16.3. The Bertz CT molecular complexity index is 2460. The van der Waals surface area contributed by atoms with E-state index in [1.165, 1.54) is 17.8 Å². The third-order valence-corrected chi connectivity index (χ3v) is 14.1. The number of hydrogen-bond donors (Lipinski definition) is 3. The number of hydrogen-bond acceptors (Lipinski definition) is 13. The van der Waals surface area contributed by atoms with E-state index in [1.54, 1.807) is 38.0 Å². The summed E-state index contributed by atoms with van der Waals surface area (Å²) < 4.78 is 68.4. The summed E-state index contributed by atoms with van der Waals surface area (Å²) in [7, 11) is 5.27. The topological polar surface area (TPSA) is 180 Å². The standard InChI is InChI=1S/C54H79F3N8O9/c1-14-39(46(58-16-3)36(6)71-13)47-41(40-28-37(62-24-26-72-27-25-62)18-19-44(40)64(47)33-54(55,56)57)29-51(7,8)34-74-50(69)53(70)21-17-23-65(60-53)49(68)43(15-2)59-48(67)42(35(4)5)32-73-38-30-63(31-38)45(66)20-22-52(9,10)61(11)12/h14,16,18-19,28,35-36,38,42-43,60,70H,1,15,17,21,23-27,29-34H2,2-13H3,(H,59,67)/b46-39+,58-16-/t36-,42-,43-,53?/m0/s1. The van der Waals surface area contributed by atoms with E-state index in [0.29, 0.717) is 67.1 Å². The number of aromatic nitrogens is 1. The number of fused-ring (bicyclic) bond motifs is 1. The van der Waals surface area contributed by atoms with Crippen molar-refractivity contribution in [3.05, 3.63) is 47.8 Å². The van der Waals surface area contributed by atoms with Gasteiger partial charge < -0.3 is 43.7 Å². The lowest BCUT2D eigenvalue weighted by Crippen LogP contribution is -2.67. The zero-order chi connectivity index (χ0) is 54.9. The van der Waals surface area contributed by atoms with E-state index in [4.69, 9.17) is 18.9 Å². The molecule has 4 heterocycles. The van der Waals surface area contributed by atoms with Gasteiger partial charge in [-0.3, -0.25) is 29.3 Å². The minimum Gasteiger partial charge on any atom is -0.462 e. The first-order valence-corrected chi connectivity index (χ1v) is 25.5. The molecule has 74 heavy (non-hydrogen) atoms. The number of allylic oxidation sites excluding steroid dienone is 2. The van der Waals surface area contributed by atoms with Crippen molar-refractivity contribution in [2.24, 2.45) is 22.2 Å². The van der Waals surface area contributed by atoms with Gasteiger partial charge in [-0.1, -0.05) is 53.2 Å². The average molecular weight is 1040 g/mol.